The molecule has 2 aliphatic heterocycles. The number of carbonyl (C=O) groups excluding carboxylic acids is 2. The van der Waals surface area contributed by atoms with E-state index in [0.29, 0.717) is 34.2 Å². The second kappa shape index (κ2) is 12.2. The van der Waals surface area contributed by atoms with Gasteiger partial charge in [-0.2, -0.15) is 0 Å². The van der Waals surface area contributed by atoms with E-state index < -0.39 is 20.2 Å². The molecule has 1 saturated heterocycles. The van der Waals surface area contributed by atoms with Crippen LogP contribution in [0.5, 0.6) is 28.5 Å². The fraction of sp³-hybridized carbons (Fsp3) is 0.312. The monoisotopic (exact) mass is 605 g/mol. The molecule has 0 saturated carbocycles. The van der Waals surface area contributed by atoms with Crippen LogP contribution >= 0.6 is 8.19 Å². The van der Waals surface area contributed by atoms with Crippen LogP contribution < -0.4 is 14.2 Å². The second-order valence-corrected chi connectivity index (χ2v) is 16.8. The van der Waals surface area contributed by atoms with Crippen molar-refractivity contribution < 1.29 is 33.0 Å². The molecule has 8 nitrogen and oxygen atoms in total. The topological polar surface area (TPSA) is 83.5 Å². The zero-order valence-electron chi connectivity index (χ0n) is 24.5. The number of benzene rings is 2. The Kier molecular flexibility index (Phi) is 8.64. The molecule has 0 bridgehead atoms. The highest BCUT2D eigenvalue weighted by Gasteiger charge is 2.62. The molecule has 5 rings (SSSR count). The number of nitrogens with zero attached hydrogens (tertiary/aromatic N) is 1. The number of esters is 1. The highest BCUT2D eigenvalue weighted by Crippen LogP contribution is 2.54. The van der Waals surface area contributed by atoms with Crippen LogP contribution in [0.3, 0.4) is 0 Å². The molecule has 0 N–H and O–H groups in total. The highest BCUT2D eigenvalue weighted by atomic mass is 31.0. The summed E-state index contributed by atoms with van der Waals surface area (Å²) in [5.41, 5.74) is 0.614. The first-order chi connectivity index (χ1) is 20.1. The van der Waals surface area contributed by atoms with Gasteiger partial charge in [-0.25, -0.2) is 4.79 Å². The van der Waals surface area contributed by atoms with E-state index in [-0.39, 0.29) is 44.5 Å². The number of ether oxygens (including phenoxy) is 4. The molecule has 0 aliphatic carbocycles. The Morgan fingerprint density at radius 2 is 1.64 bits per heavy atom. The van der Waals surface area contributed by atoms with Crippen molar-refractivity contribution in [1.29, 1.82) is 0 Å². The van der Waals surface area contributed by atoms with Crippen LogP contribution in [0.4, 0.5) is 0 Å². The van der Waals surface area contributed by atoms with Crippen molar-refractivity contribution in [2.45, 2.75) is 45.6 Å². The maximum Gasteiger partial charge on any atom is 0.358 e. The van der Waals surface area contributed by atoms with Crippen molar-refractivity contribution in [3.05, 3.63) is 90.6 Å². The summed E-state index contributed by atoms with van der Waals surface area (Å²) >= 11 is 0. The van der Waals surface area contributed by atoms with Crippen LogP contribution in [-0.2, 0) is 18.8 Å². The Balaban J connectivity index is 1.51. The molecule has 42 heavy (non-hydrogen) atoms. The van der Waals surface area contributed by atoms with Gasteiger partial charge in [-0.05, 0) is 50.8 Å². The highest BCUT2D eigenvalue weighted by molar-refractivity contribution is 7.32. The summed E-state index contributed by atoms with van der Waals surface area (Å²) in [5, 5.41) is 0. The number of hydrogen-bond donors (Lipinski definition) is 0. The molecule has 3 heterocycles. The third kappa shape index (κ3) is 6.04. The summed E-state index contributed by atoms with van der Waals surface area (Å²) in [4.78, 5) is 28.4. The lowest BCUT2D eigenvalue weighted by Gasteiger charge is -2.48. The SMILES string of the molecule is C=CCOC(=O)C1=C(Oc2[pH]cc(Oc3ccccc3)c2Oc2ccccc2)[C@H](C)[C@H]2[C@@H]([C@@H](C)O[Si](C)(C)C)C(=O)N12. The number of carbonyl (C=O) groups is 2. The third-order valence-electron chi connectivity index (χ3n) is 7.07. The average Bonchev–Trinajstić information content (AvgIpc) is 3.43. The molecule has 220 valence electrons. The van der Waals surface area contributed by atoms with Gasteiger partial charge in [0.2, 0.25) is 11.7 Å². The minimum Gasteiger partial charge on any atom is -0.457 e. The van der Waals surface area contributed by atoms with Gasteiger partial charge in [0, 0.05) is 11.7 Å². The molecule has 10 heteroatoms. The molecular weight excluding hydrogens is 569 g/mol. The number of hydrogen-bond acceptors (Lipinski definition) is 7. The summed E-state index contributed by atoms with van der Waals surface area (Å²) in [7, 11) is -1.85. The Hall–Kier alpha value is -3.78. The molecule has 2 aliphatic rings. The van der Waals surface area contributed by atoms with Gasteiger partial charge < -0.3 is 23.4 Å². The zero-order valence-corrected chi connectivity index (χ0v) is 26.5. The first-order valence-electron chi connectivity index (χ1n) is 14.0. The van der Waals surface area contributed by atoms with Crippen molar-refractivity contribution in [1.82, 2.24) is 4.90 Å². The van der Waals surface area contributed by atoms with Crippen molar-refractivity contribution >= 4 is 28.4 Å². The van der Waals surface area contributed by atoms with Gasteiger partial charge in [0.15, 0.2) is 25.2 Å². The summed E-state index contributed by atoms with van der Waals surface area (Å²) in [6, 6.07) is 18.5. The predicted octanol–water partition coefficient (Wildman–Crippen LogP) is 7.34. The van der Waals surface area contributed by atoms with Crippen LogP contribution in [-0.4, -0.2) is 43.8 Å². The van der Waals surface area contributed by atoms with E-state index in [4.69, 9.17) is 23.4 Å². The Morgan fingerprint density at radius 3 is 2.24 bits per heavy atom. The number of rotatable bonds is 12. The van der Waals surface area contributed by atoms with Crippen LogP contribution in [0.2, 0.25) is 19.6 Å². The van der Waals surface area contributed by atoms with Gasteiger partial charge in [-0.3, -0.25) is 9.69 Å². The van der Waals surface area contributed by atoms with Gasteiger partial charge in [0.1, 0.15) is 23.9 Å². The predicted molar refractivity (Wildman–Crippen MR) is 165 cm³/mol. The maximum absolute atomic E-state index is 13.5. The Labute approximate surface area is 249 Å². The fourth-order valence-electron chi connectivity index (χ4n) is 5.42. The standard InChI is InChI=1S/C32H36NO7PSi/c1-7-18-36-31(35)27-28(20(2)26-25(30(34)33(26)27)21(3)40-42(4,5)6)39-32-29(38-23-16-12-9-13-17-23)24(19-41-32)37-22-14-10-8-11-15-22/h7-17,19-21,25-26,41H,1,18H2,2-6H3/t20-,21-,25-,26+/m1/s1. The lowest BCUT2D eigenvalue weighted by Crippen LogP contribution is -2.64. The maximum atomic E-state index is 13.5. The third-order valence-corrected chi connectivity index (χ3v) is 9.15. The first kappa shape index (κ1) is 29.7. The van der Waals surface area contributed by atoms with Crippen LogP contribution in [0, 0.1) is 11.8 Å². The second-order valence-electron chi connectivity index (χ2n) is 11.3. The van der Waals surface area contributed by atoms with E-state index >= 15 is 0 Å². The van der Waals surface area contributed by atoms with E-state index in [1.807, 2.05) is 80.3 Å². The van der Waals surface area contributed by atoms with Gasteiger partial charge in [0.05, 0.1) is 18.1 Å². The minimum atomic E-state index is -1.91. The van der Waals surface area contributed by atoms with Gasteiger partial charge in [0.25, 0.3) is 0 Å². The lowest BCUT2D eigenvalue weighted by molar-refractivity contribution is -0.163. The fourth-order valence-corrected chi connectivity index (χ4v) is 7.61. The van der Waals surface area contributed by atoms with Crippen LogP contribution in [0.1, 0.15) is 13.8 Å². The minimum absolute atomic E-state index is 0.0126. The summed E-state index contributed by atoms with van der Waals surface area (Å²) in [6.45, 7) is 13.8. The first-order valence-corrected chi connectivity index (χ1v) is 18.5. The molecule has 1 fully saturated rings. The quantitative estimate of drug-likeness (QED) is 0.0925. The summed E-state index contributed by atoms with van der Waals surface area (Å²) < 4.78 is 30.8. The largest absolute Gasteiger partial charge is 0.457 e. The lowest BCUT2D eigenvalue weighted by atomic mass is 9.79. The van der Waals surface area contributed by atoms with E-state index in [2.05, 4.69) is 26.2 Å². The van der Waals surface area contributed by atoms with Crippen molar-refractivity contribution in [3.63, 3.8) is 0 Å². The van der Waals surface area contributed by atoms with E-state index in [0.717, 1.165) is 0 Å². The summed E-state index contributed by atoms with van der Waals surface area (Å²) in [5.74, 6) is 2.97. The average molecular weight is 606 g/mol. The van der Waals surface area contributed by atoms with E-state index in [1.54, 1.807) is 0 Å². The smallest absolute Gasteiger partial charge is 0.358 e. The molecule has 0 radical (unpaired) electrons. The Morgan fingerprint density at radius 1 is 1.02 bits per heavy atom. The molecule has 3 aromatic rings. The van der Waals surface area contributed by atoms with Gasteiger partial charge in [-0.1, -0.05) is 64.2 Å². The normalized spacial score (nSPS) is 20.6. The van der Waals surface area contributed by atoms with E-state index in [1.165, 1.54) is 11.0 Å². The number of amides is 1. The van der Waals surface area contributed by atoms with E-state index in [9.17, 15) is 9.59 Å². The van der Waals surface area contributed by atoms with Crippen LogP contribution in [0.15, 0.2) is 90.6 Å². The van der Waals surface area contributed by atoms with Crippen LogP contribution in [0.25, 0.3) is 0 Å². The molecule has 0 spiro atoms. The van der Waals surface area contributed by atoms with Gasteiger partial charge in [-0.15, -0.1) is 0 Å². The Bertz CT molecular complexity index is 1480. The molecule has 5 atom stereocenters. The van der Waals surface area contributed by atoms with Crippen molar-refractivity contribution in [3.8, 4) is 28.5 Å². The molecular formula is C32H36NO7PSi. The molecule has 1 amide bonds. The number of β-lactam (4-membered cyclic amide) rings is 1. The molecule has 1 aromatic heterocycles. The molecule has 1 unspecified atom stereocenters. The zero-order chi connectivity index (χ0) is 30.0. The van der Waals surface area contributed by atoms with Crippen molar-refractivity contribution in [2.24, 2.45) is 11.8 Å². The van der Waals surface area contributed by atoms with Crippen molar-refractivity contribution in [2.75, 3.05) is 6.61 Å². The van der Waals surface area contributed by atoms with Gasteiger partial charge >= 0.3 is 5.97 Å². The number of para-hydroxylation sites is 2. The molecule has 2 aromatic carbocycles. The number of fused-ring (bicyclic) bond motifs is 1. The summed E-state index contributed by atoms with van der Waals surface area (Å²) in [6.07, 6.45) is 1.19.